The van der Waals surface area contributed by atoms with E-state index >= 15 is 0 Å². The number of nitrogens with zero attached hydrogens (tertiary/aromatic N) is 2. The molecule has 6 heteroatoms. The Morgan fingerprint density at radius 3 is 2.75 bits per heavy atom. The summed E-state index contributed by atoms with van der Waals surface area (Å²) in [5.41, 5.74) is 0.812. The zero-order valence-electron chi connectivity index (χ0n) is 14.5. The van der Waals surface area contributed by atoms with E-state index in [4.69, 9.17) is 10.00 Å². The van der Waals surface area contributed by atoms with Crippen molar-refractivity contribution < 1.29 is 9.53 Å². The minimum absolute atomic E-state index is 0.0164. The standard InChI is InChI=1S/C18H25N3O2S/c1-13-10-21(11-14(2)23-13)12-18(22)20-16-6-4-5-7-17(16)24-15(3)8-9-19/h4-7,13-15H,8,10-12H2,1-3H3,(H,20,22). The number of ether oxygens (including phenoxy) is 1. The SMILES string of the molecule is CC1CN(CC(=O)Nc2ccccc2SC(C)CC#N)CC(C)O1. The number of benzene rings is 1. The van der Waals surface area contributed by atoms with Gasteiger partial charge in [0, 0.05) is 29.7 Å². The van der Waals surface area contributed by atoms with Crippen molar-refractivity contribution in [3.05, 3.63) is 24.3 Å². The molecule has 3 unspecified atom stereocenters. The second-order valence-electron chi connectivity index (χ2n) is 6.29. The normalized spacial score (nSPS) is 22.6. The van der Waals surface area contributed by atoms with Crippen molar-refractivity contribution in [1.82, 2.24) is 4.90 Å². The second kappa shape index (κ2) is 9.07. The van der Waals surface area contributed by atoms with E-state index < -0.39 is 0 Å². The molecule has 0 saturated carbocycles. The van der Waals surface area contributed by atoms with Crippen LogP contribution in [0.25, 0.3) is 0 Å². The average Bonchev–Trinajstić information content (AvgIpc) is 2.48. The molecule has 1 aromatic carbocycles. The lowest BCUT2D eigenvalue weighted by molar-refractivity contribution is -0.121. The Labute approximate surface area is 148 Å². The molecule has 1 saturated heterocycles. The monoisotopic (exact) mass is 347 g/mol. The van der Waals surface area contributed by atoms with Gasteiger partial charge in [-0.15, -0.1) is 11.8 Å². The summed E-state index contributed by atoms with van der Waals surface area (Å²) in [7, 11) is 0. The molecule has 24 heavy (non-hydrogen) atoms. The predicted molar refractivity (Wildman–Crippen MR) is 97.1 cm³/mol. The van der Waals surface area contributed by atoms with E-state index in [1.54, 1.807) is 11.8 Å². The molecule has 1 heterocycles. The molecule has 0 spiro atoms. The van der Waals surface area contributed by atoms with Crippen molar-refractivity contribution in [3.63, 3.8) is 0 Å². The lowest BCUT2D eigenvalue weighted by atomic mass is 10.2. The van der Waals surface area contributed by atoms with Crippen molar-refractivity contribution >= 4 is 23.4 Å². The van der Waals surface area contributed by atoms with E-state index in [0.717, 1.165) is 23.7 Å². The van der Waals surface area contributed by atoms with Crippen molar-refractivity contribution in [2.75, 3.05) is 25.0 Å². The van der Waals surface area contributed by atoms with Gasteiger partial charge in [0.2, 0.25) is 5.91 Å². The summed E-state index contributed by atoms with van der Waals surface area (Å²) >= 11 is 1.61. The number of amides is 1. The number of hydrogen-bond acceptors (Lipinski definition) is 5. The number of thioether (sulfide) groups is 1. The van der Waals surface area contributed by atoms with Crippen LogP contribution in [0.2, 0.25) is 0 Å². The van der Waals surface area contributed by atoms with E-state index in [1.807, 2.05) is 45.0 Å². The highest BCUT2D eigenvalue weighted by Crippen LogP contribution is 2.31. The van der Waals surface area contributed by atoms with Crippen LogP contribution in [0.4, 0.5) is 5.69 Å². The van der Waals surface area contributed by atoms with Crippen LogP contribution in [0.3, 0.4) is 0 Å². The lowest BCUT2D eigenvalue weighted by Gasteiger charge is -2.34. The van der Waals surface area contributed by atoms with Gasteiger partial charge < -0.3 is 10.1 Å². The number of nitriles is 1. The third kappa shape index (κ3) is 5.82. The van der Waals surface area contributed by atoms with E-state index in [9.17, 15) is 4.79 Å². The third-order valence-corrected chi connectivity index (χ3v) is 4.91. The Morgan fingerprint density at radius 2 is 2.08 bits per heavy atom. The molecule has 1 aromatic rings. The zero-order valence-corrected chi connectivity index (χ0v) is 15.3. The quantitative estimate of drug-likeness (QED) is 0.801. The van der Waals surface area contributed by atoms with Gasteiger partial charge in [0.1, 0.15) is 0 Å². The number of nitrogens with one attached hydrogen (secondary N) is 1. The van der Waals surface area contributed by atoms with Gasteiger partial charge in [-0.2, -0.15) is 5.26 Å². The van der Waals surface area contributed by atoms with Crippen molar-refractivity contribution in [3.8, 4) is 6.07 Å². The smallest absolute Gasteiger partial charge is 0.238 e. The summed E-state index contributed by atoms with van der Waals surface area (Å²) in [6, 6.07) is 9.93. The Kier molecular flexibility index (Phi) is 7.10. The fourth-order valence-electron chi connectivity index (χ4n) is 2.87. The minimum Gasteiger partial charge on any atom is -0.373 e. The van der Waals surface area contributed by atoms with E-state index in [2.05, 4.69) is 16.3 Å². The molecule has 0 aliphatic carbocycles. The first-order valence-electron chi connectivity index (χ1n) is 8.28. The molecule has 5 nitrogen and oxygen atoms in total. The highest BCUT2D eigenvalue weighted by molar-refractivity contribution is 8.00. The van der Waals surface area contributed by atoms with Crippen LogP contribution in [-0.4, -0.2) is 47.9 Å². The maximum atomic E-state index is 12.4. The first kappa shape index (κ1) is 18.8. The predicted octanol–water partition coefficient (Wildman–Crippen LogP) is 3.13. The summed E-state index contributed by atoms with van der Waals surface area (Å²) in [5, 5.41) is 12.0. The van der Waals surface area contributed by atoms with Crippen molar-refractivity contribution in [2.45, 2.75) is 49.5 Å². The number of para-hydroxylation sites is 1. The van der Waals surface area contributed by atoms with E-state index in [-0.39, 0.29) is 23.4 Å². The van der Waals surface area contributed by atoms with Crippen LogP contribution in [0, 0.1) is 11.3 Å². The molecule has 2 rings (SSSR count). The maximum absolute atomic E-state index is 12.4. The van der Waals surface area contributed by atoms with Crippen LogP contribution < -0.4 is 5.32 Å². The van der Waals surface area contributed by atoms with Gasteiger partial charge in [0.25, 0.3) is 0 Å². The van der Waals surface area contributed by atoms with Gasteiger partial charge in [-0.3, -0.25) is 9.69 Å². The fourth-order valence-corrected chi connectivity index (χ4v) is 3.86. The average molecular weight is 347 g/mol. The molecule has 0 aromatic heterocycles. The first-order valence-corrected chi connectivity index (χ1v) is 9.16. The number of carbonyl (C=O) groups is 1. The summed E-state index contributed by atoms with van der Waals surface area (Å²) < 4.78 is 5.70. The van der Waals surface area contributed by atoms with Crippen LogP contribution in [-0.2, 0) is 9.53 Å². The Bertz CT molecular complexity index is 592. The Hall–Kier alpha value is -1.55. The summed E-state index contributed by atoms with van der Waals surface area (Å²) in [4.78, 5) is 15.5. The maximum Gasteiger partial charge on any atom is 0.238 e. The molecule has 3 atom stereocenters. The van der Waals surface area contributed by atoms with Crippen LogP contribution in [0.5, 0.6) is 0 Å². The summed E-state index contributed by atoms with van der Waals surface area (Å²) in [6.07, 6.45) is 0.781. The highest BCUT2D eigenvalue weighted by atomic mass is 32.2. The number of anilines is 1. The van der Waals surface area contributed by atoms with Gasteiger partial charge in [-0.05, 0) is 26.0 Å². The molecule has 1 aliphatic rings. The van der Waals surface area contributed by atoms with Gasteiger partial charge in [-0.25, -0.2) is 0 Å². The van der Waals surface area contributed by atoms with Gasteiger partial charge in [0.15, 0.2) is 0 Å². The van der Waals surface area contributed by atoms with E-state index in [1.165, 1.54) is 0 Å². The molecule has 1 N–H and O–H groups in total. The number of carbonyl (C=O) groups excluding carboxylic acids is 1. The summed E-state index contributed by atoms with van der Waals surface area (Å²) in [5.74, 6) is -0.0164. The number of rotatable bonds is 6. The highest BCUT2D eigenvalue weighted by Gasteiger charge is 2.23. The topological polar surface area (TPSA) is 65.4 Å². The fraction of sp³-hybridized carbons (Fsp3) is 0.556. The van der Waals surface area contributed by atoms with Crippen LogP contribution in [0.15, 0.2) is 29.2 Å². The Morgan fingerprint density at radius 1 is 1.42 bits per heavy atom. The van der Waals surface area contributed by atoms with Crippen molar-refractivity contribution in [2.24, 2.45) is 0 Å². The van der Waals surface area contributed by atoms with Gasteiger partial charge in [0.05, 0.1) is 30.5 Å². The number of hydrogen-bond donors (Lipinski definition) is 1. The largest absolute Gasteiger partial charge is 0.373 e. The first-order chi connectivity index (χ1) is 11.5. The summed E-state index contributed by atoms with van der Waals surface area (Å²) in [6.45, 7) is 7.99. The number of morpholine rings is 1. The molecular weight excluding hydrogens is 322 g/mol. The third-order valence-electron chi connectivity index (χ3n) is 3.73. The van der Waals surface area contributed by atoms with E-state index in [0.29, 0.717) is 13.0 Å². The molecule has 1 aliphatic heterocycles. The second-order valence-corrected chi connectivity index (χ2v) is 7.77. The molecular formula is C18H25N3O2S. The van der Waals surface area contributed by atoms with Gasteiger partial charge in [-0.1, -0.05) is 19.1 Å². The molecule has 0 radical (unpaired) electrons. The molecule has 130 valence electrons. The van der Waals surface area contributed by atoms with Crippen LogP contribution >= 0.6 is 11.8 Å². The zero-order chi connectivity index (χ0) is 17.5. The lowest BCUT2D eigenvalue weighted by Crippen LogP contribution is -2.48. The minimum atomic E-state index is -0.0164. The van der Waals surface area contributed by atoms with Crippen molar-refractivity contribution in [1.29, 1.82) is 5.26 Å². The van der Waals surface area contributed by atoms with Crippen LogP contribution in [0.1, 0.15) is 27.2 Å². The Balaban J connectivity index is 1.95. The molecule has 1 fully saturated rings. The molecule has 0 bridgehead atoms. The molecule has 1 amide bonds. The van der Waals surface area contributed by atoms with Gasteiger partial charge >= 0.3 is 0 Å².